The second-order valence-corrected chi connectivity index (χ2v) is 4.04. The predicted octanol–water partition coefficient (Wildman–Crippen LogP) is 3.20. The van der Waals surface area contributed by atoms with E-state index in [2.05, 4.69) is 18.8 Å². The molecule has 0 unspecified atom stereocenters. The third-order valence-corrected chi connectivity index (χ3v) is 2.24. The molecule has 14 heavy (non-hydrogen) atoms. The van der Waals surface area contributed by atoms with Crippen LogP contribution in [0.4, 0.5) is 0 Å². The Morgan fingerprint density at radius 1 is 1.50 bits per heavy atom. The van der Waals surface area contributed by atoms with Crippen molar-refractivity contribution >= 4 is 24.0 Å². The number of halogens is 2. The van der Waals surface area contributed by atoms with Gasteiger partial charge >= 0.3 is 0 Å². The summed E-state index contributed by atoms with van der Waals surface area (Å²) in [6.45, 7) is 4.30. The Bertz CT molecular complexity index is 277. The Hall–Kier alpha value is -0.310. The fourth-order valence-electron chi connectivity index (χ4n) is 1.32. The van der Waals surface area contributed by atoms with Crippen LogP contribution in [-0.2, 0) is 0 Å². The zero-order chi connectivity index (χ0) is 9.84. The average Bonchev–Trinajstić information content (AvgIpc) is 2.03. The summed E-state index contributed by atoms with van der Waals surface area (Å²) in [5.74, 6) is 0.583. The fourth-order valence-corrected chi connectivity index (χ4v) is 1.58. The molecule has 1 aromatic heterocycles. The highest BCUT2D eigenvalue weighted by molar-refractivity contribution is 6.31. The van der Waals surface area contributed by atoms with Crippen molar-refractivity contribution < 1.29 is 0 Å². The summed E-state index contributed by atoms with van der Waals surface area (Å²) in [5, 5.41) is 0.663. The van der Waals surface area contributed by atoms with Crippen LogP contribution in [-0.4, -0.2) is 4.98 Å². The molecule has 0 aliphatic heterocycles. The summed E-state index contributed by atoms with van der Waals surface area (Å²) in [7, 11) is 0. The Labute approximate surface area is 96.3 Å². The van der Waals surface area contributed by atoms with Gasteiger partial charge in [-0.25, -0.2) is 0 Å². The Balaban J connectivity index is 0.00000169. The van der Waals surface area contributed by atoms with Gasteiger partial charge in [-0.2, -0.15) is 0 Å². The van der Waals surface area contributed by atoms with Crippen molar-refractivity contribution in [1.82, 2.24) is 4.98 Å². The third kappa shape index (κ3) is 3.82. The van der Waals surface area contributed by atoms with Crippen LogP contribution >= 0.6 is 24.0 Å². The van der Waals surface area contributed by atoms with Crippen molar-refractivity contribution in [3.63, 3.8) is 0 Å². The maximum absolute atomic E-state index is 5.98. The molecule has 2 nitrogen and oxygen atoms in total. The van der Waals surface area contributed by atoms with Crippen LogP contribution in [0.2, 0.25) is 5.02 Å². The first kappa shape index (κ1) is 13.7. The largest absolute Gasteiger partial charge is 0.324 e. The molecule has 0 radical (unpaired) electrons. The van der Waals surface area contributed by atoms with E-state index in [-0.39, 0.29) is 18.4 Å². The third-order valence-electron chi connectivity index (χ3n) is 1.93. The number of hydrogen-bond acceptors (Lipinski definition) is 2. The van der Waals surface area contributed by atoms with Gasteiger partial charge in [-0.1, -0.05) is 25.4 Å². The summed E-state index contributed by atoms with van der Waals surface area (Å²) in [5.41, 5.74) is 6.98. The minimum absolute atomic E-state index is 0. The lowest BCUT2D eigenvalue weighted by Crippen LogP contribution is -2.13. The van der Waals surface area contributed by atoms with Gasteiger partial charge in [0.1, 0.15) is 0 Å². The predicted molar refractivity (Wildman–Crippen MR) is 62.9 cm³/mol. The first-order valence-corrected chi connectivity index (χ1v) is 4.84. The van der Waals surface area contributed by atoms with Gasteiger partial charge < -0.3 is 5.73 Å². The highest BCUT2D eigenvalue weighted by Crippen LogP contribution is 2.24. The first-order valence-electron chi connectivity index (χ1n) is 4.46. The summed E-state index contributed by atoms with van der Waals surface area (Å²) < 4.78 is 0. The molecule has 0 aromatic carbocycles. The second kappa shape index (κ2) is 6.23. The van der Waals surface area contributed by atoms with Crippen LogP contribution < -0.4 is 5.73 Å². The highest BCUT2D eigenvalue weighted by atomic mass is 35.5. The zero-order valence-electron chi connectivity index (χ0n) is 8.40. The van der Waals surface area contributed by atoms with E-state index < -0.39 is 0 Å². The van der Waals surface area contributed by atoms with Gasteiger partial charge in [-0.15, -0.1) is 12.4 Å². The molecule has 0 saturated carbocycles. The number of rotatable bonds is 3. The van der Waals surface area contributed by atoms with Crippen molar-refractivity contribution in [3.8, 4) is 0 Å². The molecule has 1 aromatic rings. The molecule has 4 heteroatoms. The van der Waals surface area contributed by atoms with Crippen LogP contribution in [0.3, 0.4) is 0 Å². The van der Waals surface area contributed by atoms with Crippen LogP contribution in [0.1, 0.15) is 31.9 Å². The fraction of sp³-hybridized carbons (Fsp3) is 0.500. The van der Waals surface area contributed by atoms with E-state index in [0.717, 1.165) is 12.0 Å². The molecule has 0 aliphatic carbocycles. The van der Waals surface area contributed by atoms with Gasteiger partial charge in [0.15, 0.2) is 0 Å². The molecule has 0 amide bonds. The van der Waals surface area contributed by atoms with E-state index >= 15 is 0 Å². The second-order valence-electron chi connectivity index (χ2n) is 3.63. The highest BCUT2D eigenvalue weighted by Gasteiger charge is 2.10. The van der Waals surface area contributed by atoms with Gasteiger partial charge in [0.05, 0.1) is 5.02 Å². The average molecular weight is 235 g/mol. The number of hydrogen-bond donors (Lipinski definition) is 1. The van der Waals surface area contributed by atoms with Crippen molar-refractivity contribution in [2.75, 3.05) is 0 Å². The zero-order valence-corrected chi connectivity index (χ0v) is 9.98. The van der Waals surface area contributed by atoms with Gasteiger partial charge in [0.2, 0.25) is 0 Å². The van der Waals surface area contributed by atoms with Gasteiger partial charge in [-0.3, -0.25) is 4.98 Å². The first-order chi connectivity index (χ1) is 6.11. The Morgan fingerprint density at radius 3 is 2.64 bits per heavy atom. The standard InChI is InChI=1S/C10H15ClN2.ClH/c1-7(2)5-10(12)8-3-4-13-6-9(8)11;/h3-4,6-7,10H,5,12H2,1-2H3;1H/t10-;/m0./s1. The van der Waals surface area contributed by atoms with E-state index in [1.165, 1.54) is 0 Å². The Kier molecular flexibility index (Phi) is 6.09. The molecular weight excluding hydrogens is 219 g/mol. The maximum atomic E-state index is 5.98. The van der Waals surface area contributed by atoms with Gasteiger partial charge in [0, 0.05) is 18.4 Å². The molecule has 80 valence electrons. The van der Waals surface area contributed by atoms with Crippen LogP contribution in [0.25, 0.3) is 0 Å². The van der Waals surface area contributed by atoms with E-state index in [1.807, 2.05) is 6.07 Å². The van der Waals surface area contributed by atoms with E-state index in [0.29, 0.717) is 10.9 Å². The minimum Gasteiger partial charge on any atom is -0.324 e. The summed E-state index contributed by atoms with van der Waals surface area (Å²) in [6.07, 6.45) is 4.31. The Morgan fingerprint density at radius 2 is 2.14 bits per heavy atom. The van der Waals surface area contributed by atoms with Crippen molar-refractivity contribution in [2.45, 2.75) is 26.3 Å². The lowest BCUT2D eigenvalue weighted by Gasteiger charge is -2.15. The van der Waals surface area contributed by atoms with E-state index in [1.54, 1.807) is 12.4 Å². The topological polar surface area (TPSA) is 38.9 Å². The lowest BCUT2D eigenvalue weighted by molar-refractivity contribution is 0.510. The smallest absolute Gasteiger partial charge is 0.0637 e. The molecule has 1 heterocycles. The molecule has 1 rings (SSSR count). The van der Waals surface area contributed by atoms with Gasteiger partial charge in [-0.05, 0) is 24.0 Å². The molecule has 1 atom stereocenters. The quantitative estimate of drug-likeness (QED) is 0.873. The number of pyridine rings is 1. The minimum atomic E-state index is 0. The summed E-state index contributed by atoms with van der Waals surface area (Å²) >= 11 is 5.96. The van der Waals surface area contributed by atoms with Gasteiger partial charge in [0.25, 0.3) is 0 Å². The normalized spacial score (nSPS) is 12.4. The molecule has 0 saturated heterocycles. The molecule has 0 bridgehead atoms. The number of nitrogens with zero attached hydrogens (tertiary/aromatic N) is 1. The number of nitrogens with two attached hydrogens (primary N) is 1. The van der Waals surface area contributed by atoms with E-state index in [4.69, 9.17) is 17.3 Å². The molecular formula is C10H16Cl2N2. The summed E-state index contributed by atoms with van der Waals surface area (Å²) in [4.78, 5) is 3.92. The lowest BCUT2D eigenvalue weighted by atomic mass is 9.99. The van der Waals surface area contributed by atoms with Crippen molar-refractivity contribution in [3.05, 3.63) is 29.0 Å². The maximum Gasteiger partial charge on any atom is 0.0637 e. The van der Waals surface area contributed by atoms with Crippen LogP contribution in [0.5, 0.6) is 0 Å². The molecule has 0 aliphatic rings. The van der Waals surface area contributed by atoms with Crippen LogP contribution in [0, 0.1) is 5.92 Å². The van der Waals surface area contributed by atoms with E-state index in [9.17, 15) is 0 Å². The molecule has 0 spiro atoms. The molecule has 2 N–H and O–H groups in total. The van der Waals surface area contributed by atoms with Crippen molar-refractivity contribution in [1.29, 1.82) is 0 Å². The monoisotopic (exact) mass is 234 g/mol. The molecule has 0 fully saturated rings. The van der Waals surface area contributed by atoms with Crippen LogP contribution in [0.15, 0.2) is 18.5 Å². The summed E-state index contributed by atoms with van der Waals surface area (Å²) in [6, 6.07) is 1.91. The SMILES string of the molecule is CC(C)C[C@H](N)c1ccncc1Cl.Cl. The number of aromatic nitrogens is 1. The van der Waals surface area contributed by atoms with Crippen molar-refractivity contribution in [2.24, 2.45) is 11.7 Å².